The largest absolute Gasteiger partial charge is 0.333 e. The molecule has 0 radical (unpaired) electrons. The smallest absolute Gasteiger partial charge is 0.262 e. The predicted molar refractivity (Wildman–Crippen MR) is 89.4 cm³/mol. The highest BCUT2D eigenvalue weighted by Gasteiger charge is 2.14. The van der Waals surface area contributed by atoms with Crippen LogP contribution in [0.3, 0.4) is 0 Å². The van der Waals surface area contributed by atoms with E-state index in [1.807, 2.05) is 65.5 Å². The maximum Gasteiger partial charge on any atom is 0.262 e. The number of carbonyl (C=O) groups excluding carboxylic acids is 1. The summed E-state index contributed by atoms with van der Waals surface area (Å²) in [7, 11) is 0. The van der Waals surface area contributed by atoms with Gasteiger partial charge in [0.1, 0.15) is 0 Å². The molecular weight excluding hydrogens is 286 g/mol. The lowest BCUT2D eigenvalue weighted by Gasteiger charge is -2.03. The quantitative estimate of drug-likeness (QED) is 0.580. The molecule has 0 unspecified atom stereocenters. The van der Waals surface area contributed by atoms with Gasteiger partial charge in [-0.15, -0.1) is 0 Å². The molecule has 0 N–H and O–H groups in total. The van der Waals surface area contributed by atoms with Gasteiger partial charge in [-0.05, 0) is 23.8 Å². The van der Waals surface area contributed by atoms with Gasteiger partial charge in [-0.25, -0.2) is 4.98 Å². The van der Waals surface area contributed by atoms with Gasteiger partial charge >= 0.3 is 0 Å². The lowest BCUT2D eigenvalue weighted by atomic mass is 10.2. The van der Waals surface area contributed by atoms with Crippen LogP contribution in [0.2, 0.25) is 0 Å². The van der Waals surface area contributed by atoms with E-state index in [2.05, 4.69) is 11.1 Å². The average Bonchev–Trinajstić information content (AvgIpc) is 3.24. The van der Waals surface area contributed by atoms with E-state index in [1.165, 1.54) is 0 Å². The van der Waals surface area contributed by atoms with Crippen molar-refractivity contribution in [3.8, 4) is 0 Å². The average molecular weight is 301 g/mol. The van der Waals surface area contributed by atoms with Crippen LogP contribution in [-0.4, -0.2) is 20.0 Å². The van der Waals surface area contributed by atoms with Crippen molar-refractivity contribution in [2.75, 3.05) is 0 Å². The van der Waals surface area contributed by atoms with E-state index in [4.69, 9.17) is 0 Å². The highest BCUT2D eigenvalue weighted by atomic mass is 16.2. The van der Waals surface area contributed by atoms with E-state index in [9.17, 15) is 4.79 Å². The second kappa shape index (κ2) is 5.57. The van der Waals surface area contributed by atoms with E-state index < -0.39 is 0 Å². The van der Waals surface area contributed by atoms with Crippen molar-refractivity contribution >= 4 is 16.8 Å². The molecule has 23 heavy (non-hydrogen) atoms. The number of rotatable bonds is 3. The second-order valence-corrected chi connectivity index (χ2v) is 5.45. The molecule has 2 heterocycles. The van der Waals surface area contributed by atoms with E-state index >= 15 is 0 Å². The Balaban J connectivity index is 1.83. The van der Waals surface area contributed by atoms with Crippen molar-refractivity contribution in [2.45, 2.75) is 6.54 Å². The highest BCUT2D eigenvalue weighted by molar-refractivity contribution is 6.02. The highest BCUT2D eigenvalue weighted by Crippen LogP contribution is 2.23. The maximum absolute atomic E-state index is 12.8. The summed E-state index contributed by atoms with van der Waals surface area (Å²) in [5, 5.41) is 1.09. The van der Waals surface area contributed by atoms with Crippen LogP contribution in [0.5, 0.6) is 0 Å². The van der Waals surface area contributed by atoms with Crippen LogP contribution in [0, 0.1) is 0 Å². The molecule has 0 amide bonds. The molecule has 0 atom stereocenters. The normalized spacial score (nSPS) is 11.0. The number of aromatic nitrogens is 3. The molecule has 0 aliphatic heterocycles. The molecule has 0 saturated heterocycles. The maximum atomic E-state index is 12.8. The van der Waals surface area contributed by atoms with E-state index in [-0.39, 0.29) is 5.91 Å². The third kappa shape index (κ3) is 2.44. The van der Waals surface area contributed by atoms with Gasteiger partial charge in [-0.3, -0.25) is 9.36 Å². The van der Waals surface area contributed by atoms with Gasteiger partial charge in [0.2, 0.25) is 0 Å². The van der Waals surface area contributed by atoms with Gasteiger partial charge in [0.25, 0.3) is 5.91 Å². The van der Waals surface area contributed by atoms with Gasteiger partial charge in [-0.2, -0.15) is 0 Å². The summed E-state index contributed by atoms with van der Waals surface area (Å²) < 4.78 is 3.73. The van der Waals surface area contributed by atoms with Crippen LogP contribution >= 0.6 is 0 Å². The van der Waals surface area contributed by atoms with Crippen molar-refractivity contribution in [3.05, 3.63) is 90.6 Å². The zero-order valence-electron chi connectivity index (χ0n) is 12.5. The van der Waals surface area contributed by atoms with Crippen LogP contribution in [0.15, 0.2) is 79.5 Å². The summed E-state index contributed by atoms with van der Waals surface area (Å²) in [6.07, 6.45) is 7.39. The van der Waals surface area contributed by atoms with Crippen LogP contribution in [0.4, 0.5) is 0 Å². The van der Waals surface area contributed by atoms with Gasteiger partial charge in [0.15, 0.2) is 0 Å². The van der Waals surface area contributed by atoms with E-state index in [0.717, 1.165) is 16.5 Å². The Bertz CT molecular complexity index is 953. The van der Waals surface area contributed by atoms with Crippen molar-refractivity contribution < 1.29 is 4.79 Å². The number of nitrogens with zero attached hydrogens (tertiary/aromatic N) is 3. The van der Waals surface area contributed by atoms with Crippen molar-refractivity contribution in [1.29, 1.82) is 0 Å². The summed E-state index contributed by atoms with van der Waals surface area (Å²) >= 11 is 0. The van der Waals surface area contributed by atoms with Crippen molar-refractivity contribution in [2.24, 2.45) is 0 Å². The lowest BCUT2D eigenvalue weighted by Crippen LogP contribution is -2.10. The molecule has 112 valence electrons. The number of benzene rings is 2. The van der Waals surface area contributed by atoms with Crippen LogP contribution in [0.25, 0.3) is 10.9 Å². The summed E-state index contributed by atoms with van der Waals surface area (Å²) in [5.41, 5.74) is 2.71. The fraction of sp³-hybridized carbons (Fsp3) is 0.0526. The number of imidazole rings is 1. The van der Waals surface area contributed by atoms with Crippen LogP contribution in [0.1, 0.15) is 15.9 Å². The molecule has 0 fully saturated rings. The van der Waals surface area contributed by atoms with Crippen LogP contribution < -0.4 is 0 Å². The number of hydrogen-bond acceptors (Lipinski definition) is 2. The number of para-hydroxylation sites is 1. The lowest BCUT2D eigenvalue weighted by molar-refractivity contribution is 0.0965. The Labute approximate surface area is 133 Å². The van der Waals surface area contributed by atoms with E-state index in [1.54, 1.807) is 17.1 Å². The monoisotopic (exact) mass is 301 g/mol. The van der Waals surface area contributed by atoms with Crippen molar-refractivity contribution in [1.82, 2.24) is 14.1 Å². The van der Waals surface area contributed by atoms with E-state index in [0.29, 0.717) is 12.1 Å². The Kier molecular flexibility index (Phi) is 3.27. The Morgan fingerprint density at radius 1 is 1.00 bits per heavy atom. The van der Waals surface area contributed by atoms with Gasteiger partial charge in [0.05, 0.1) is 18.4 Å². The fourth-order valence-corrected chi connectivity index (χ4v) is 2.84. The van der Waals surface area contributed by atoms with Gasteiger partial charge in [-0.1, -0.05) is 36.4 Å². The molecule has 4 aromatic rings. The zero-order valence-corrected chi connectivity index (χ0v) is 12.5. The molecule has 0 aliphatic carbocycles. The minimum Gasteiger partial charge on any atom is -0.333 e. The Morgan fingerprint density at radius 3 is 2.57 bits per heavy atom. The molecule has 0 spiro atoms. The third-order valence-electron chi connectivity index (χ3n) is 3.95. The van der Waals surface area contributed by atoms with Gasteiger partial charge in [0, 0.05) is 29.5 Å². The zero-order chi connectivity index (χ0) is 15.6. The molecule has 4 rings (SSSR count). The molecule has 4 heteroatoms. The Morgan fingerprint density at radius 2 is 1.78 bits per heavy atom. The fourth-order valence-electron chi connectivity index (χ4n) is 2.84. The number of hydrogen-bond donors (Lipinski definition) is 0. The first kappa shape index (κ1) is 13.5. The SMILES string of the molecule is O=C(c1ccccc1)n1cc(Cn2ccnc2)c2ccccc21. The molecule has 0 saturated carbocycles. The summed E-state index contributed by atoms with van der Waals surface area (Å²) in [6.45, 7) is 0.690. The predicted octanol–water partition coefficient (Wildman–Crippen LogP) is 3.57. The Hall–Kier alpha value is -3.14. The minimum absolute atomic E-state index is 0.0151. The number of carbonyl (C=O) groups is 1. The molecular formula is C19H15N3O. The minimum atomic E-state index is -0.0151. The molecule has 4 nitrogen and oxygen atoms in total. The van der Waals surface area contributed by atoms with Crippen LogP contribution in [-0.2, 0) is 6.54 Å². The number of fused-ring (bicyclic) bond motifs is 1. The standard InChI is InChI=1S/C19H15N3O/c23-19(15-6-2-1-3-7-15)22-13-16(12-21-11-10-20-14-21)17-8-4-5-9-18(17)22/h1-11,13-14H,12H2. The topological polar surface area (TPSA) is 39.8 Å². The summed E-state index contributed by atoms with van der Waals surface area (Å²) in [5.74, 6) is -0.0151. The first-order valence-corrected chi connectivity index (χ1v) is 7.47. The molecule has 0 bridgehead atoms. The summed E-state index contributed by atoms with van der Waals surface area (Å²) in [6, 6.07) is 17.3. The molecule has 2 aromatic carbocycles. The molecule has 0 aliphatic rings. The molecule has 2 aromatic heterocycles. The van der Waals surface area contributed by atoms with Gasteiger partial charge < -0.3 is 4.57 Å². The summed E-state index contributed by atoms with van der Waals surface area (Å²) in [4.78, 5) is 16.9. The van der Waals surface area contributed by atoms with Crippen molar-refractivity contribution in [3.63, 3.8) is 0 Å². The third-order valence-corrected chi connectivity index (χ3v) is 3.95. The second-order valence-electron chi connectivity index (χ2n) is 5.45. The first-order chi connectivity index (χ1) is 11.3. The first-order valence-electron chi connectivity index (χ1n) is 7.47.